The van der Waals surface area contributed by atoms with Gasteiger partial charge in [-0.05, 0) is 12.5 Å². The normalized spacial score (nSPS) is 10.6. The molecule has 11 heavy (non-hydrogen) atoms. The monoisotopic (exact) mass is 147 g/mol. The molecule has 56 valence electrons. The highest BCUT2D eigenvalue weighted by molar-refractivity contribution is 5.44. The molecule has 2 aromatic rings. The van der Waals surface area contributed by atoms with Crippen molar-refractivity contribution in [1.29, 1.82) is 0 Å². The quantitative estimate of drug-likeness (QED) is 0.608. The molecule has 0 unspecified atom stereocenters. The van der Waals surface area contributed by atoms with Crippen LogP contribution in [0.5, 0.6) is 0 Å². The van der Waals surface area contributed by atoms with Crippen molar-refractivity contribution in [3.8, 4) is 0 Å². The van der Waals surface area contributed by atoms with Gasteiger partial charge in [-0.15, -0.1) is 0 Å². The minimum Gasteiger partial charge on any atom is -0.290 e. The Labute approximate surface area is 64.7 Å². The number of nitrogens with zero attached hydrogens (tertiary/aromatic N) is 3. The van der Waals surface area contributed by atoms with Crippen LogP contribution < -0.4 is 0 Å². The summed E-state index contributed by atoms with van der Waals surface area (Å²) in [4.78, 5) is 8.22. The lowest BCUT2D eigenvalue weighted by Crippen LogP contribution is -1.90. The Morgan fingerprint density at radius 3 is 3.18 bits per heavy atom. The van der Waals surface area contributed by atoms with Crippen LogP contribution in [0.4, 0.5) is 0 Å². The van der Waals surface area contributed by atoms with Crippen LogP contribution in [0.2, 0.25) is 0 Å². The van der Waals surface area contributed by atoms with Gasteiger partial charge in [0, 0.05) is 5.69 Å². The van der Waals surface area contributed by atoms with Crippen LogP contribution in [-0.2, 0) is 6.42 Å². The van der Waals surface area contributed by atoms with Crippen molar-refractivity contribution < 1.29 is 0 Å². The second-order valence-electron chi connectivity index (χ2n) is 2.46. The summed E-state index contributed by atoms with van der Waals surface area (Å²) in [5, 5.41) is 0. The highest BCUT2D eigenvalue weighted by atomic mass is 15.0. The van der Waals surface area contributed by atoms with Crippen molar-refractivity contribution in [2.75, 3.05) is 0 Å². The third kappa shape index (κ3) is 0.981. The molecule has 0 aliphatic heterocycles. The van der Waals surface area contributed by atoms with Crippen molar-refractivity contribution in [2.24, 2.45) is 0 Å². The van der Waals surface area contributed by atoms with Crippen molar-refractivity contribution in [2.45, 2.75) is 13.3 Å². The highest BCUT2D eigenvalue weighted by Gasteiger charge is 1.94. The first-order valence-electron chi connectivity index (χ1n) is 3.66. The van der Waals surface area contributed by atoms with Gasteiger partial charge in [-0.1, -0.05) is 6.92 Å². The number of fused-ring (bicyclic) bond motifs is 1. The minimum atomic E-state index is 0.974. The molecule has 0 atom stereocenters. The van der Waals surface area contributed by atoms with Gasteiger partial charge in [0.25, 0.3) is 0 Å². The lowest BCUT2D eigenvalue weighted by molar-refractivity contribution is 0.977. The topological polar surface area (TPSA) is 30.2 Å². The number of hydrogen-bond donors (Lipinski definition) is 0. The second kappa shape index (κ2) is 2.34. The third-order valence-electron chi connectivity index (χ3n) is 1.72. The Hall–Kier alpha value is -1.38. The zero-order valence-corrected chi connectivity index (χ0v) is 6.36. The van der Waals surface area contributed by atoms with E-state index in [-0.39, 0.29) is 0 Å². The van der Waals surface area contributed by atoms with Gasteiger partial charge < -0.3 is 0 Å². The van der Waals surface area contributed by atoms with E-state index < -0.39 is 0 Å². The van der Waals surface area contributed by atoms with Crippen molar-refractivity contribution in [1.82, 2.24) is 14.4 Å². The molecule has 0 radical (unpaired) electrons. The summed E-state index contributed by atoms with van der Waals surface area (Å²) in [5.74, 6) is 0. The van der Waals surface area contributed by atoms with Crippen LogP contribution in [0.25, 0.3) is 5.52 Å². The van der Waals surface area contributed by atoms with Gasteiger partial charge in [0.05, 0.1) is 11.7 Å². The average molecular weight is 147 g/mol. The van der Waals surface area contributed by atoms with Crippen LogP contribution in [0.15, 0.2) is 24.9 Å². The molecule has 0 spiro atoms. The maximum Gasteiger partial charge on any atom is 0.101 e. The first-order chi connectivity index (χ1) is 5.40. The van der Waals surface area contributed by atoms with Gasteiger partial charge in [-0.3, -0.25) is 4.40 Å². The van der Waals surface area contributed by atoms with Crippen molar-refractivity contribution in [3.63, 3.8) is 0 Å². The Kier molecular flexibility index (Phi) is 1.35. The maximum absolute atomic E-state index is 4.22. The summed E-state index contributed by atoms with van der Waals surface area (Å²) >= 11 is 0. The molecule has 3 heteroatoms. The summed E-state index contributed by atoms with van der Waals surface area (Å²) in [6, 6.07) is 2.05. The SMILES string of the molecule is CCc1cc2cncn2cn1. The van der Waals surface area contributed by atoms with E-state index in [1.807, 2.05) is 16.7 Å². The van der Waals surface area contributed by atoms with Crippen molar-refractivity contribution >= 4 is 5.52 Å². The molecule has 2 rings (SSSR count). The average Bonchev–Trinajstić information content (AvgIpc) is 2.50. The zero-order chi connectivity index (χ0) is 7.68. The number of hydrogen-bond acceptors (Lipinski definition) is 2. The van der Waals surface area contributed by atoms with E-state index in [9.17, 15) is 0 Å². The first kappa shape index (κ1) is 6.34. The summed E-state index contributed by atoms with van der Waals surface area (Å²) < 4.78 is 1.90. The van der Waals surface area contributed by atoms with Crippen molar-refractivity contribution in [3.05, 3.63) is 30.6 Å². The van der Waals surface area contributed by atoms with Gasteiger partial charge in [0.1, 0.15) is 12.7 Å². The molecule has 0 saturated heterocycles. The summed E-state index contributed by atoms with van der Waals surface area (Å²) in [6.07, 6.45) is 6.35. The molecular weight excluding hydrogens is 138 g/mol. The van der Waals surface area contributed by atoms with Gasteiger partial charge in [0.2, 0.25) is 0 Å². The lowest BCUT2D eigenvalue weighted by Gasteiger charge is -1.95. The van der Waals surface area contributed by atoms with E-state index in [0.29, 0.717) is 0 Å². The fraction of sp³-hybridized carbons (Fsp3) is 0.250. The highest BCUT2D eigenvalue weighted by Crippen LogP contribution is 2.02. The number of imidazole rings is 1. The Balaban J connectivity index is 2.67. The number of aromatic nitrogens is 3. The van der Waals surface area contributed by atoms with E-state index in [4.69, 9.17) is 0 Å². The van der Waals surface area contributed by atoms with Gasteiger partial charge in [0.15, 0.2) is 0 Å². The third-order valence-corrected chi connectivity index (χ3v) is 1.72. The number of aryl methyl sites for hydroxylation is 1. The molecule has 2 aromatic heterocycles. The second-order valence-corrected chi connectivity index (χ2v) is 2.46. The molecule has 0 saturated carbocycles. The predicted molar refractivity (Wildman–Crippen MR) is 42.4 cm³/mol. The molecular formula is C8H9N3. The summed E-state index contributed by atoms with van der Waals surface area (Å²) in [6.45, 7) is 2.09. The standard InChI is InChI=1S/C8H9N3/c1-2-7-3-8-4-9-5-11(8)6-10-7/h3-6H,2H2,1H3. The molecule has 0 bridgehead atoms. The van der Waals surface area contributed by atoms with Gasteiger partial charge in [-0.2, -0.15) is 0 Å². The summed E-state index contributed by atoms with van der Waals surface area (Å²) in [5.41, 5.74) is 2.22. The van der Waals surface area contributed by atoms with Crippen LogP contribution in [0.1, 0.15) is 12.6 Å². The van der Waals surface area contributed by atoms with E-state index in [2.05, 4.69) is 16.9 Å². The smallest absolute Gasteiger partial charge is 0.101 e. The fourth-order valence-electron chi connectivity index (χ4n) is 1.06. The zero-order valence-electron chi connectivity index (χ0n) is 6.36. The molecule has 0 fully saturated rings. The van der Waals surface area contributed by atoms with E-state index in [1.165, 1.54) is 0 Å². The molecule has 0 aromatic carbocycles. The van der Waals surface area contributed by atoms with Crippen LogP contribution in [0, 0.1) is 0 Å². The largest absolute Gasteiger partial charge is 0.290 e. The Morgan fingerprint density at radius 1 is 1.45 bits per heavy atom. The minimum absolute atomic E-state index is 0.974. The van der Waals surface area contributed by atoms with Gasteiger partial charge >= 0.3 is 0 Å². The molecule has 2 heterocycles. The molecule has 0 N–H and O–H groups in total. The van der Waals surface area contributed by atoms with Crippen LogP contribution in [0.3, 0.4) is 0 Å². The maximum atomic E-state index is 4.22. The molecule has 0 aliphatic rings. The molecule has 0 amide bonds. The van der Waals surface area contributed by atoms with E-state index >= 15 is 0 Å². The Morgan fingerprint density at radius 2 is 2.36 bits per heavy atom. The fourth-order valence-corrected chi connectivity index (χ4v) is 1.06. The van der Waals surface area contributed by atoms with Crippen LogP contribution >= 0.6 is 0 Å². The van der Waals surface area contributed by atoms with E-state index in [1.54, 1.807) is 12.7 Å². The summed E-state index contributed by atoms with van der Waals surface area (Å²) in [7, 11) is 0. The Bertz CT molecular complexity index is 364. The lowest BCUT2D eigenvalue weighted by atomic mass is 10.3. The molecule has 3 nitrogen and oxygen atoms in total. The van der Waals surface area contributed by atoms with Gasteiger partial charge in [-0.25, -0.2) is 9.97 Å². The molecule has 0 aliphatic carbocycles. The van der Waals surface area contributed by atoms with Crippen LogP contribution in [-0.4, -0.2) is 14.4 Å². The predicted octanol–water partition coefficient (Wildman–Crippen LogP) is 1.29. The van der Waals surface area contributed by atoms with E-state index in [0.717, 1.165) is 17.6 Å². The number of rotatable bonds is 1. The first-order valence-corrected chi connectivity index (χ1v) is 3.66.